The predicted octanol–water partition coefficient (Wildman–Crippen LogP) is 3.18. The molecule has 72 valence electrons. The lowest BCUT2D eigenvalue weighted by atomic mass is 10.0. The van der Waals surface area contributed by atoms with Crippen LogP contribution in [0.4, 0.5) is 5.69 Å². The van der Waals surface area contributed by atoms with E-state index >= 15 is 0 Å². The average molecular weight is 195 g/mol. The molecule has 0 radical (unpaired) electrons. The lowest BCUT2D eigenvalue weighted by molar-refractivity contribution is 0.647. The first-order chi connectivity index (χ1) is 6.22. The van der Waals surface area contributed by atoms with Crippen molar-refractivity contribution in [1.82, 2.24) is 0 Å². The third-order valence-corrected chi connectivity index (χ3v) is 2.04. The number of anilines is 1. The molecule has 0 aliphatic rings. The molecule has 0 aromatic heterocycles. The summed E-state index contributed by atoms with van der Waals surface area (Å²) in [6.07, 6.45) is 1.15. The molecular weight excluding hydrogens is 178 g/mol. The van der Waals surface area contributed by atoms with Gasteiger partial charge in [-0.3, -0.25) is 0 Å². The number of hydrogen-bond acceptors (Lipinski definition) is 2. The maximum Gasteiger partial charge on any atom is 0.0581 e. The maximum absolute atomic E-state index is 4.10. The normalized spacial score (nSPS) is 10.5. The van der Waals surface area contributed by atoms with E-state index in [1.807, 2.05) is 0 Å². The summed E-state index contributed by atoms with van der Waals surface area (Å²) in [6.45, 7) is 4.47. The Balaban J connectivity index is 2.59. The zero-order chi connectivity index (χ0) is 9.68. The molecule has 0 fully saturated rings. The summed E-state index contributed by atoms with van der Waals surface area (Å²) >= 11 is 4.10. The number of nitrogens with one attached hydrogen (secondary N) is 1. The van der Waals surface area contributed by atoms with E-state index < -0.39 is 0 Å². The summed E-state index contributed by atoms with van der Waals surface area (Å²) in [5.41, 5.74) is 2.54. The van der Waals surface area contributed by atoms with Gasteiger partial charge in [-0.15, -0.1) is 0 Å². The second kappa shape index (κ2) is 5.18. The van der Waals surface area contributed by atoms with Crippen LogP contribution in [0.25, 0.3) is 0 Å². The highest BCUT2D eigenvalue weighted by atomic mass is 32.1. The van der Waals surface area contributed by atoms with Gasteiger partial charge in [0, 0.05) is 5.69 Å². The monoisotopic (exact) mass is 195 g/mol. The molecule has 1 aromatic rings. The van der Waals surface area contributed by atoms with E-state index in [9.17, 15) is 0 Å². The quantitative estimate of drug-likeness (QED) is 0.555. The minimum Gasteiger partial charge on any atom is -0.376 e. The van der Waals surface area contributed by atoms with Gasteiger partial charge < -0.3 is 5.32 Å². The lowest BCUT2D eigenvalue weighted by Crippen LogP contribution is -1.96. The van der Waals surface area contributed by atoms with E-state index in [-0.39, 0.29) is 0 Å². The molecule has 0 saturated heterocycles. The Morgan fingerprint density at radius 3 is 2.31 bits per heavy atom. The molecule has 0 aliphatic heterocycles. The molecule has 0 atom stereocenters. The molecule has 1 aromatic carbocycles. The first-order valence-corrected chi connectivity index (χ1v) is 5.29. The van der Waals surface area contributed by atoms with Crippen molar-refractivity contribution < 1.29 is 0 Å². The first kappa shape index (κ1) is 10.5. The summed E-state index contributed by atoms with van der Waals surface area (Å²) in [4.78, 5) is 0. The largest absolute Gasteiger partial charge is 0.376 e. The third-order valence-electron chi connectivity index (χ3n) is 1.88. The van der Waals surface area contributed by atoms with Gasteiger partial charge in [-0.05, 0) is 30.0 Å². The highest BCUT2D eigenvalue weighted by Crippen LogP contribution is 2.12. The Morgan fingerprint density at radius 2 is 1.85 bits per heavy atom. The Kier molecular flexibility index (Phi) is 4.16. The lowest BCUT2D eigenvalue weighted by Gasteiger charge is -2.06. The molecule has 0 saturated carbocycles. The minimum absolute atomic E-state index is 0.684. The van der Waals surface area contributed by atoms with Crippen LogP contribution >= 0.6 is 12.6 Å². The van der Waals surface area contributed by atoms with Gasteiger partial charge in [-0.2, -0.15) is 12.6 Å². The van der Waals surface area contributed by atoms with Crippen LogP contribution in [0.3, 0.4) is 0 Å². The van der Waals surface area contributed by atoms with Crippen LogP contribution < -0.4 is 5.32 Å². The van der Waals surface area contributed by atoms with E-state index in [1.165, 1.54) is 5.56 Å². The highest BCUT2D eigenvalue weighted by Gasteiger charge is 1.97. The molecule has 0 heterocycles. The highest BCUT2D eigenvalue weighted by molar-refractivity contribution is 7.80. The van der Waals surface area contributed by atoms with E-state index in [1.54, 1.807) is 0 Å². The SMILES string of the molecule is CC(C)Cc1ccc(NCS)cc1. The summed E-state index contributed by atoms with van der Waals surface area (Å²) in [6, 6.07) is 8.55. The van der Waals surface area contributed by atoms with Crippen LogP contribution in [-0.4, -0.2) is 5.88 Å². The number of hydrogen-bond donors (Lipinski definition) is 2. The summed E-state index contributed by atoms with van der Waals surface area (Å²) in [5, 5.41) is 3.15. The van der Waals surface area contributed by atoms with Gasteiger partial charge >= 0.3 is 0 Å². The van der Waals surface area contributed by atoms with Gasteiger partial charge in [0.25, 0.3) is 0 Å². The third kappa shape index (κ3) is 3.73. The number of benzene rings is 1. The molecule has 1 rings (SSSR count). The Hall–Kier alpha value is -0.630. The van der Waals surface area contributed by atoms with Crippen LogP contribution in [0.15, 0.2) is 24.3 Å². The summed E-state index contributed by atoms with van der Waals surface area (Å²) in [7, 11) is 0. The van der Waals surface area contributed by atoms with Gasteiger partial charge in [-0.25, -0.2) is 0 Å². The van der Waals surface area contributed by atoms with Gasteiger partial charge in [0.15, 0.2) is 0 Å². The van der Waals surface area contributed by atoms with E-state index in [0.717, 1.165) is 18.0 Å². The van der Waals surface area contributed by atoms with Gasteiger partial charge in [-0.1, -0.05) is 26.0 Å². The molecule has 1 N–H and O–H groups in total. The zero-order valence-electron chi connectivity index (χ0n) is 8.25. The molecule has 0 bridgehead atoms. The fraction of sp³-hybridized carbons (Fsp3) is 0.455. The standard InChI is InChI=1S/C11H17NS/c1-9(2)7-10-3-5-11(6-4-10)12-8-13/h3-6,9,12-13H,7-8H2,1-2H3. The number of thiol groups is 1. The summed E-state index contributed by atoms with van der Waals surface area (Å²) < 4.78 is 0. The van der Waals surface area contributed by atoms with Crippen molar-refractivity contribution in [1.29, 1.82) is 0 Å². The minimum atomic E-state index is 0.684. The Bertz CT molecular complexity index is 241. The van der Waals surface area contributed by atoms with Gasteiger partial charge in [0.2, 0.25) is 0 Å². The molecule has 0 amide bonds. The fourth-order valence-electron chi connectivity index (χ4n) is 1.32. The summed E-state index contributed by atoms with van der Waals surface area (Å²) in [5.74, 6) is 1.41. The molecule has 0 spiro atoms. The number of rotatable bonds is 4. The van der Waals surface area contributed by atoms with Crippen LogP contribution in [0.2, 0.25) is 0 Å². The van der Waals surface area contributed by atoms with Crippen molar-refractivity contribution in [2.24, 2.45) is 5.92 Å². The van der Waals surface area contributed by atoms with Crippen LogP contribution in [0.5, 0.6) is 0 Å². The maximum atomic E-state index is 4.10. The van der Waals surface area contributed by atoms with Crippen molar-refractivity contribution in [2.75, 3.05) is 11.2 Å². The van der Waals surface area contributed by atoms with Crippen LogP contribution in [-0.2, 0) is 6.42 Å². The smallest absolute Gasteiger partial charge is 0.0581 e. The first-order valence-electron chi connectivity index (χ1n) is 4.66. The van der Waals surface area contributed by atoms with Crippen molar-refractivity contribution in [3.8, 4) is 0 Å². The van der Waals surface area contributed by atoms with Crippen molar-refractivity contribution in [3.63, 3.8) is 0 Å². The van der Waals surface area contributed by atoms with Gasteiger partial charge in [0.1, 0.15) is 0 Å². The fourth-order valence-corrected chi connectivity index (χ4v) is 1.50. The molecular formula is C11H17NS. The average Bonchev–Trinajstić information content (AvgIpc) is 2.08. The van der Waals surface area contributed by atoms with Crippen molar-refractivity contribution in [3.05, 3.63) is 29.8 Å². The van der Waals surface area contributed by atoms with Crippen LogP contribution in [0.1, 0.15) is 19.4 Å². The van der Waals surface area contributed by atoms with Crippen LogP contribution in [0, 0.1) is 5.92 Å². The Labute approximate surface area is 86.0 Å². The molecule has 2 heteroatoms. The molecule has 0 aliphatic carbocycles. The van der Waals surface area contributed by atoms with E-state index in [2.05, 4.69) is 56.1 Å². The second-order valence-electron chi connectivity index (χ2n) is 3.63. The predicted molar refractivity (Wildman–Crippen MR) is 62.5 cm³/mol. The molecule has 1 nitrogen and oxygen atoms in total. The van der Waals surface area contributed by atoms with Crippen molar-refractivity contribution in [2.45, 2.75) is 20.3 Å². The van der Waals surface area contributed by atoms with E-state index in [4.69, 9.17) is 0 Å². The van der Waals surface area contributed by atoms with E-state index in [0.29, 0.717) is 5.88 Å². The molecule has 13 heavy (non-hydrogen) atoms. The zero-order valence-corrected chi connectivity index (χ0v) is 9.14. The second-order valence-corrected chi connectivity index (χ2v) is 3.95. The molecule has 0 unspecified atom stereocenters. The Morgan fingerprint density at radius 1 is 1.23 bits per heavy atom. The topological polar surface area (TPSA) is 12.0 Å². The van der Waals surface area contributed by atoms with Gasteiger partial charge in [0.05, 0.1) is 5.88 Å². The van der Waals surface area contributed by atoms with Crippen molar-refractivity contribution >= 4 is 18.3 Å².